The van der Waals surface area contributed by atoms with Gasteiger partial charge in [-0.3, -0.25) is 9.48 Å². The maximum atomic E-state index is 13.6. The van der Waals surface area contributed by atoms with Crippen LogP contribution in [0.25, 0.3) is 17.0 Å². The van der Waals surface area contributed by atoms with Crippen LogP contribution in [0.2, 0.25) is 5.02 Å². The summed E-state index contributed by atoms with van der Waals surface area (Å²) in [6.45, 7) is 3.09. The Morgan fingerprint density at radius 2 is 2.08 bits per heavy atom. The largest absolute Gasteiger partial charge is 0.416 e. The number of nitrogens with zero attached hydrogens (tertiary/aromatic N) is 4. The molecule has 0 radical (unpaired) electrons. The highest BCUT2D eigenvalue weighted by Gasteiger charge is 2.34. The molecule has 0 spiro atoms. The lowest BCUT2D eigenvalue weighted by Gasteiger charge is -2.32. The minimum atomic E-state index is -4.54. The topological polar surface area (TPSA) is 80.0 Å². The van der Waals surface area contributed by atoms with E-state index in [9.17, 15) is 23.1 Å². The third-order valence-electron chi connectivity index (χ3n) is 6.18. The van der Waals surface area contributed by atoms with Crippen molar-refractivity contribution in [2.24, 2.45) is 4.99 Å². The summed E-state index contributed by atoms with van der Waals surface area (Å²) in [5.74, 6) is -0.345. The molecule has 2 aliphatic rings. The first-order chi connectivity index (χ1) is 17.6. The third kappa shape index (κ3) is 5.40. The number of aryl methyl sites for hydroxylation is 1. The summed E-state index contributed by atoms with van der Waals surface area (Å²) in [6.07, 6.45) is -3.11. The van der Waals surface area contributed by atoms with Crippen molar-refractivity contribution >= 4 is 51.4 Å². The quantitative estimate of drug-likeness (QED) is 0.473. The van der Waals surface area contributed by atoms with E-state index in [1.807, 2.05) is 11.0 Å². The van der Waals surface area contributed by atoms with Crippen LogP contribution >= 0.6 is 23.4 Å². The van der Waals surface area contributed by atoms with E-state index in [4.69, 9.17) is 16.3 Å². The molecule has 3 aromatic rings. The monoisotopic (exact) mass is 550 g/mol. The van der Waals surface area contributed by atoms with Crippen LogP contribution in [0.3, 0.4) is 0 Å². The van der Waals surface area contributed by atoms with Crippen LogP contribution in [-0.4, -0.2) is 63.3 Å². The highest BCUT2D eigenvalue weighted by atomic mass is 35.5. The van der Waals surface area contributed by atoms with E-state index in [2.05, 4.69) is 10.1 Å². The van der Waals surface area contributed by atoms with Crippen molar-refractivity contribution in [2.45, 2.75) is 25.7 Å². The molecule has 1 amide bonds. The number of aromatic nitrogens is 2. The molecule has 1 atom stereocenters. The van der Waals surface area contributed by atoms with Gasteiger partial charge in [0.15, 0.2) is 5.17 Å². The summed E-state index contributed by atoms with van der Waals surface area (Å²) in [5, 5.41) is 15.2. The van der Waals surface area contributed by atoms with Crippen molar-refractivity contribution in [3.05, 3.63) is 68.7 Å². The lowest BCUT2D eigenvalue weighted by atomic mass is 10.1. The standard InChI is InChI=1S/C25H22ClF3N4O3S/c1-14-19-8-15(9-22-23(35)30-24(37-22)32-6-7-36-18(12-32)13-34)2-5-21(19)33(31-14)11-16-3-4-17(26)10-20(16)25(27,28)29/h2-5,8-10,18,34H,6-7,11-13H2,1H3. The molecule has 0 saturated carbocycles. The zero-order valence-corrected chi connectivity index (χ0v) is 21.2. The van der Waals surface area contributed by atoms with Gasteiger partial charge in [0.2, 0.25) is 0 Å². The van der Waals surface area contributed by atoms with E-state index in [0.29, 0.717) is 41.0 Å². The summed E-state index contributed by atoms with van der Waals surface area (Å²) in [7, 11) is 0. The van der Waals surface area contributed by atoms with Crippen molar-refractivity contribution in [3.63, 3.8) is 0 Å². The number of thioether (sulfide) groups is 1. The van der Waals surface area contributed by atoms with Crippen molar-refractivity contribution in [1.82, 2.24) is 14.7 Å². The Bertz CT molecular complexity index is 1440. The second kappa shape index (κ2) is 10.1. The fourth-order valence-electron chi connectivity index (χ4n) is 4.37. The average molecular weight is 551 g/mol. The molecule has 3 heterocycles. The van der Waals surface area contributed by atoms with Gasteiger partial charge >= 0.3 is 6.18 Å². The molecule has 1 N–H and O–H groups in total. The van der Waals surface area contributed by atoms with Gasteiger partial charge in [-0.05, 0) is 60.2 Å². The lowest BCUT2D eigenvalue weighted by molar-refractivity contribution is -0.138. The van der Waals surface area contributed by atoms with Gasteiger partial charge in [0.05, 0.1) is 47.5 Å². The maximum Gasteiger partial charge on any atom is 0.416 e. The highest BCUT2D eigenvalue weighted by Crippen LogP contribution is 2.35. The fraction of sp³-hybridized carbons (Fsp3) is 0.320. The lowest BCUT2D eigenvalue weighted by Crippen LogP contribution is -2.45. The number of aliphatic hydroxyl groups is 1. The summed E-state index contributed by atoms with van der Waals surface area (Å²) in [4.78, 5) is 19.1. The Labute approximate surface area is 219 Å². The number of halogens is 4. The van der Waals surface area contributed by atoms with Crippen LogP contribution in [0.1, 0.15) is 22.4 Å². The SMILES string of the molecule is Cc1nn(Cc2ccc(Cl)cc2C(F)(F)F)c2ccc(C=C3SC(N4CCOC(CO)C4)=NC3=O)cc12. The van der Waals surface area contributed by atoms with Gasteiger partial charge in [-0.2, -0.15) is 23.3 Å². The predicted molar refractivity (Wildman–Crippen MR) is 136 cm³/mol. The number of rotatable bonds is 4. The first-order valence-electron chi connectivity index (χ1n) is 11.4. The van der Waals surface area contributed by atoms with Gasteiger partial charge in [0.25, 0.3) is 5.91 Å². The molecule has 0 bridgehead atoms. The molecule has 2 aromatic carbocycles. The second-order valence-corrected chi connectivity index (χ2v) is 10.2. The van der Waals surface area contributed by atoms with Crippen LogP contribution in [-0.2, 0) is 22.3 Å². The van der Waals surface area contributed by atoms with Crippen LogP contribution in [0.4, 0.5) is 13.2 Å². The summed E-state index contributed by atoms with van der Waals surface area (Å²) in [6, 6.07) is 9.16. The fourth-order valence-corrected chi connectivity index (χ4v) is 5.49. The zero-order valence-electron chi connectivity index (χ0n) is 19.6. The second-order valence-electron chi connectivity index (χ2n) is 8.75. The van der Waals surface area contributed by atoms with Gasteiger partial charge < -0.3 is 14.7 Å². The van der Waals surface area contributed by atoms with E-state index in [0.717, 1.165) is 17.0 Å². The minimum Gasteiger partial charge on any atom is -0.394 e. The zero-order chi connectivity index (χ0) is 26.3. The Hall–Kier alpha value is -2.86. The van der Waals surface area contributed by atoms with E-state index < -0.39 is 11.7 Å². The van der Waals surface area contributed by atoms with Crippen LogP contribution in [0.5, 0.6) is 0 Å². The van der Waals surface area contributed by atoms with Gasteiger partial charge in [0, 0.05) is 23.5 Å². The molecule has 1 unspecified atom stereocenters. The van der Waals surface area contributed by atoms with E-state index in [1.165, 1.54) is 28.6 Å². The van der Waals surface area contributed by atoms with Gasteiger partial charge in [-0.1, -0.05) is 23.7 Å². The van der Waals surface area contributed by atoms with Gasteiger partial charge in [-0.25, -0.2) is 0 Å². The Balaban J connectivity index is 1.39. The molecule has 0 aliphatic carbocycles. The number of hydrogen-bond acceptors (Lipinski definition) is 6. The van der Waals surface area contributed by atoms with Crippen molar-refractivity contribution < 1.29 is 27.8 Å². The minimum absolute atomic E-state index is 0.0172. The van der Waals surface area contributed by atoms with Crippen molar-refractivity contribution in [3.8, 4) is 0 Å². The molecule has 5 rings (SSSR count). The molecule has 1 fully saturated rings. The number of ether oxygens (including phenoxy) is 1. The molecular formula is C25H22ClF3N4O3S. The summed E-state index contributed by atoms with van der Waals surface area (Å²) < 4.78 is 47.7. The number of amidine groups is 1. The maximum absolute atomic E-state index is 13.6. The number of aliphatic hydroxyl groups excluding tert-OH is 1. The smallest absolute Gasteiger partial charge is 0.394 e. The van der Waals surface area contributed by atoms with Crippen molar-refractivity contribution in [1.29, 1.82) is 0 Å². The van der Waals surface area contributed by atoms with Crippen molar-refractivity contribution in [2.75, 3.05) is 26.3 Å². The van der Waals surface area contributed by atoms with Gasteiger partial charge in [0.1, 0.15) is 0 Å². The van der Waals surface area contributed by atoms with Gasteiger partial charge in [-0.15, -0.1) is 0 Å². The first kappa shape index (κ1) is 25.8. The number of morpholine rings is 1. The van der Waals surface area contributed by atoms with Crippen LogP contribution < -0.4 is 0 Å². The molecule has 194 valence electrons. The number of hydrogen-bond donors (Lipinski definition) is 1. The van der Waals surface area contributed by atoms with Crippen LogP contribution in [0, 0.1) is 6.92 Å². The number of aliphatic imine (C=N–C) groups is 1. The van der Waals surface area contributed by atoms with E-state index in [1.54, 1.807) is 25.1 Å². The predicted octanol–water partition coefficient (Wildman–Crippen LogP) is 4.73. The number of benzene rings is 2. The molecular weight excluding hydrogens is 529 g/mol. The third-order valence-corrected chi connectivity index (χ3v) is 7.46. The van der Waals surface area contributed by atoms with E-state index in [-0.39, 0.29) is 35.7 Å². The van der Waals surface area contributed by atoms with E-state index >= 15 is 0 Å². The number of carbonyl (C=O) groups excluding carboxylic acids is 1. The Morgan fingerprint density at radius 3 is 2.84 bits per heavy atom. The van der Waals surface area contributed by atoms with Crippen LogP contribution in [0.15, 0.2) is 46.3 Å². The summed E-state index contributed by atoms with van der Waals surface area (Å²) >= 11 is 7.08. The molecule has 12 heteroatoms. The number of carbonyl (C=O) groups is 1. The molecule has 7 nitrogen and oxygen atoms in total. The number of alkyl halides is 3. The summed E-state index contributed by atoms with van der Waals surface area (Å²) in [5.41, 5.74) is 1.36. The molecule has 1 saturated heterocycles. The molecule has 37 heavy (non-hydrogen) atoms. The Kier molecular flexibility index (Phi) is 7.06. The molecule has 2 aliphatic heterocycles. The Morgan fingerprint density at radius 1 is 1.27 bits per heavy atom. The number of fused-ring (bicyclic) bond motifs is 1. The average Bonchev–Trinajstić information content (AvgIpc) is 3.38. The molecule has 1 aromatic heterocycles. The first-order valence-corrected chi connectivity index (χ1v) is 12.6. The normalized spacial score (nSPS) is 19.8. The number of amides is 1. The highest BCUT2D eigenvalue weighted by molar-refractivity contribution is 8.18.